The summed E-state index contributed by atoms with van der Waals surface area (Å²) in [6, 6.07) is 2.73. The van der Waals surface area contributed by atoms with E-state index in [9.17, 15) is 9.90 Å². The Morgan fingerprint density at radius 2 is 1.95 bits per heavy atom. The number of hydrogen-bond acceptors (Lipinski definition) is 7. The molecule has 0 saturated carbocycles. The summed E-state index contributed by atoms with van der Waals surface area (Å²) in [7, 11) is 2.89. The zero-order valence-corrected chi connectivity index (χ0v) is 11.2. The summed E-state index contributed by atoms with van der Waals surface area (Å²) in [5.74, 6) is 0.355. The molecule has 0 unspecified atom stereocenters. The molecule has 0 aliphatic heterocycles. The average Bonchev–Trinajstić information content (AvgIpc) is 2.84. The van der Waals surface area contributed by atoms with E-state index in [1.54, 1.807) is 5.38 Å². The van der Waals surface area contributed by atoms with Crippen LogP contribution in [0, 0.1) is 0 Å². The van der Waals surface area contributed by atoms with Crippen LogP contribution in [0.3, 0.4) is 0 Å². The Hall–Kier alpha value is -2.28. The number of ether oxygens (including phenoxy) is 2. The molecule has 0 spiro atoms. The second kappa shape index (κ2) is 5.15. The van der Waals surface area contributed by atoms with Crippen LogP contribution in [0.2, 0.25) is 0 Å². The van der Waals surface area contributed by atoms with Gasteiger partial charge in [0.15, 0.2) is 16.5 Å². The maximum Gasteiger partial charge on any atom is 0.225 e. The predicted octanol–water partition coefficient (Wildman–Crippen LogP) is 1.68. The fraction of sp³-hybridized carbons (Fsp3) is 0.167. The number of aromatic hydroxyl groups is 1. The van der Waals surface area contributed by atoms with Gasteiger partial charge in [0.25, 0.3) is 0 Å². The number of phenols is 1. The van der Waals surface area contributed by atoms with Crippen molar-refractivity contribution in [2.75, 3.05) is 20.0 Å². The van der Waals surface area contributed by atoms with Crippen LogP contribution < -0.4 is 15.2 Å². The van der Waals surface area contributed by atoms with Crippen molar-refractivity contribution in [3.63, 3.8) is 0 Å². The highest BCUT2D eigenvalue weighted by Gasteiger charge is 2.20. The summed E-state index contributed by atoms with van der Waals surface area (Å²) in [5.41, 5.74) is 5.56. The molecule has 0 bridgehead atoms. The van der Waals surface area contributed by atoms with Gasteiger partial charge < -0.3 is 20.3 Å². The molecule has 0 amide bonds. The largest absolute Gasteiger partial charge is 0.507 e. The van der Waals surface area contributed by atoms with Gasteiger partial charge in [0, 0.05) is 11.4 Å². The van der Waals surface area contributed by atoms with Crippen LogP contribution in [0.1, 0.15) is 15.4 Å². The summed E-state index contributed by atoms with van der Waals surface area (Å²) in [4.78, 5) is 16.1. The number of carbonyl (C=O) groups excluding carboxylic acids is 1. The average molecular weight is 280 g/mol. The first-order chi connectivity index (χ1) is 9.06. The SMILES string of the molecule is COc1cc(O)c(C(=O)c2nc(N)cs2)cc1OC. The van der Waals surface area contributed by atoms with Crippen LogP contribution in [0.5, 0.6) is 17.2 Å². The Morgan fingerprint density at radius 1 is 1.32 bits per heavy atom. The quantitative estimate of drug-likeness (QED) is 0.827. The van der Waals surface area contributed by atoms with Crippen molar-refractivity contribution >= 4 is 22.9 Å². The van der Waals surface area contributed by atoms with Gasteiger partial charge in [-0.25, -0.2) is 4.98 Å². The number of ketones is 1. The topological polar surface area (TPSA) is 94.7 Å². The summed E-state index contributed by atoms with van der Waals surface area (Å²) >= 11 is 1.12. The number of nitrogens with zero attached hydrogens (tertiary/aromatic N) is 1. The molecule has 2 rings (SSSR count). The fourth-order valence-electron chi connectivity index (χ4n) is 1.56. The lowest BCUT2D eigenvalue weighted by atomic mass is 10.1. The Kier molecular flexibility index (Phi) is 3.57. The number of nitrogen functional groups attached to an aromatic ring is 1. The van der Waals surface area contributed by atoms with Crippen LogP contribution in [-0.2, 0) is 0 Å². The molecule has 1 heterocycles. The second-order valence-electron chi connectivity index (χ2n) is 3.63. The maximum atomic E-state index is 12.2. The van der Waals surface area contributed by atoms with Gasteiger partial charge >= 0.3 is 0 Å². The lowest BCUT2D eigenvalue weighted by Crippen LogP contribution is -2.03. The number of methoxy groups -OCH3 is 2. The van der Waals surface area contributed by atoms with E-state index in [1.807, 2.05) is 0 Å². The van der Waals surface area contributed by atoms with Gasteiger partial charge in [-0.2, -0.15) is 0 Å². The van der Waals surface area contributed by atoms with Crippen molar-refractivity contribution in [2.45, 2.75) is 0 Å². The highest BCUT2D eigenvalue weighted by molar-refractivity contribution is 7.12. The van der Waals surface area contributed by atoms with Crippen molar-refractivity contribution in [1.82, 2.24) is 4.98 Å². The molecule has 3 N–H and O–H groups in total. The van der Waals surface area contributed by atoms with Crippen molar-refractivity contribution in [1.29, 1.82) is 0 Å². The lowest BCUT2D eigenvalue weighted by molar-refractivity contribution is 0.103. The highest BCUT2D eigenvalue weighted by atomic mass is 32.1. The minimum atomic E-state index is -0.417. The molecule has 0 fully saturated rings. The van der Waals surface area contributed by atoms with E-state index in [1.165, 1.54) is 26.4 Å². The molecular weight excluding hydrogens is 268 g/mol. The molecule has 0 aliphatic carbocycles. The van der Waals surface area contributed by atoms with E-state index in [-0.39, 0.29) is 22.1 Å². The van der Waals surface area contributed by atoms with Gasteiger partial charge in [0.1, 0.15) is 11.6 Å². The number of aromatic nitrogens is 1. The number of rotatable bonds is 4. The van der Waals surface area contributed by atoms with Gasteiger partial charge in [-0.05, 0) is 6.07 Å². The van der Waals surface area contributed by atoms with E-state index in [0.29, 0.717) is 11.5 Å². The van der Waals surface area contributed by atoms with Crippen molar-refractivity contribution < 1.29 is 19.4 Å². The molecule has 7 heteroatoms. The van der Waals surface area contributed by atoms with E-state index in [0.717, 1.165) is 11.3 Å². The van der Waals surface area contributed by atoms with Crippen LogP contribution in [0.25, 0.3) is 0 Å². The van der Waals surface area contributed by atoms with Crippen molar-refractivity contribution in [3.8, 4) is 17.2 Å². The number of benzene rings is 1. The number of phenolic OH excluding ortho intramolecular Hbond substituents is 1. The van der Waals surface area contributed by atoms with Crippen LogP contribution >= 0.6 is 11.3 Å². The van der Waals surface area contributed by atoms with E-state index in [4.69, 9.17) is 15.2 Å². The van der Waals surface area contributed by atoms with Crippen molar-refractivity contribution in [2.24, 2.45) is 0 Å². The van der Waals surface area contributed by atoms with Crippen LogP contribution in [-0.4, -0.2) is 30.1 Å². The van der Waals surface area contributed by atoms with Gasteiger partial charge in [-0.15, -0.1) is 11.3 Å². The van der Waals surface area contributed by atoms with E-state index in [2.05, 4.69) is 4.98 Å². The van der Waals surface area contributed by atoms with Crippen molar-refractivity contribution in [3.05, 3.63) is 28.1 Å². The fourth-order valence-corrected chi connectivity index (χ4v) is 2.22. The molecule has 6 nitrogen and oxygen atoms in total. The summed E-state index contributed by atoms with van der Waals surface area (Å²) in [6.07, 6.45) is 0. The molecule has 19 heavy (non-hydrogen) atoms. The number of hydrogen-bond donors (Lipinski definition) is 2. The normalized spacial score (nSPS) is 10.2. The minimum Gasteiger partial charge on any atom is -0.507 e. The standard InChI is InChI=1S/C12H12N2O4S/c1-17-8-3-6(7(15)4-9(8)18-2)11(16)12-14-10(13)5-19-12/h3-5,15H,13H2,1-2H3. The first kappa shape index (κ1) is 13.2. The van der Waals surface area contributed by atoms with Crippen LogP contribution in [0.4, 0.5) is 5.82 Å². The third kappa shape index (κ3) is 2.45. The molecule has 1 aromatic carbocycles. The number of nitrogens with two attached hydrogens (primary N) is 1. The first-order valence-corrected chi connectivity index (χ1v) is 6.15. The van der Waals surface area contributed by atoms with Gasteiger partial charge in [0.05, 0.1) is 19.8 Å². The third-order valence-corrected chi connectivity index (χ3v) is 3.32. The number of anilines is 1. The van der Waals surface area contributed by atoms with Gasteiger partial charge in [-0.1, -0.05) is 0 Å². The highest BCUT2D eigenvalue weighted by Crippen LogP contribution is 2.35. The zero-order chi connectivity index (χ0) is 14.0. The summed E-state index contributed by atoms with van der Waals surface area (Å²) in [6.45, 7) is 0. The third-order valence-electron chi connectivity index (χ3n) is 2.46. The van der Waals surface area contributed by atoms with E-state index >= 15 is 0 Å². The summed E-state index contributed by atoms with van der Waals surface area (Å²) in [5, 5.41) is 11.6. The molecule has 100 valence electrons. The predicted molar refractivity (Wildman–Crippen MR) is 71.2 cm³/mol. The maximum absolute atomic E-state index is 12.2. The molecule has 0 aliphatic rings. The lowest BCUT2D eigenvalue weighted by Gasteiger charge is -2.10. The molecule has 1 aromatic heterocycles. The van der Waals surface area contributed by atoms with Crippen LogP contribution in [0.15, 0.2) is 17.5 Å². The van der Waals surface area contributed by atoms with Gasteiger partial charge in [-0.3, -0.25) is 4.79 Å². The first-order valence-electron chi connectivity index (χ1n) is 5.27. The van der Waals surface area contributed by atoms with E-state index < -0.39 is 5.78 Å². The Morgan fingerprint density at radius 3 is 2.47 bits per heavy atom. The smallest absolute Gasteiger partial charge is 0.225 e. The molecule has 0 saturated heterocycles. The number of carbonyl (C=O) groups is 1. The monoisotopic (exact) mass is 280 g/mol. The second-order valence-corrected chi connectivity index (χ2v) is 4.49. The van der Waals surface area contributed by atoms with Gasteiger partial charge in [0.2, 0.25) is 5.78 Å². The Labute approximate surface area is 113 Å². The Balaban J connectivity index is 2.47. The summed E-state index contributed by atoms with van der Waals surface area (Å²) < 4.78 is 10.1. The molecule has 0 atom stereocenters. The molecular formula is C12H12N2O4S. The minimum absolute atomic E-state index is 0.0898. The molecule has 2 aromatic rings. The number of thiazole rings is 1. The Bertz CT molecular complexity index is 624. The zero-order valence-electron chi connectivity index (χ0n) is 10.3. The molecule has 0 radical (unpaired) electrons.